The third-order valence-corrected chi connectivity index (χ3v) is 5.90. The van der Waals surface area contributed by atoms with E-state index in [1.165, 1.54) is 23.5 Å². The minimum Gasteiger partial charge on any atom is -0.482 e. The van der Waals surface area contributed by atoms with Gasteiger partial charge in [0.05, 0.1) is 18.7 Å². The zero-order chi connectivity index (χ0) is 24.1. The molecule has 2 N–H and O–H groups in total. The van der Waals surface area contributed by atoms with Crippen LogP contribution in [-0.4, -0.2) is 34.6 Å². The number of carbonyl (C=O) groups is 1. The highest BCUT2D eigenvalue weighted by molar-refractivity contribution is 5.94. The summed E-state index contributed by atoms with van der Waals surface area (Å²) in [5, 5.41) is 12.1. The van der Waals surface area contributed by atoms with Crippen LogP contribution in [0.4, 0.5) is 0 Å². The summed E-state index contributed by atoms with van der Waals surface area (Å²) in [5.74, 6) is 0.497. The maximum atomic E-state index is 12.5. The molecule has 0 fully saturated rings. The van der Waals surface area contributed by atoms with Crippen molar-refractivity contribution in [3.05, 3.63) is 99.1 Å². The van der Waals surface area contributed by atoms with Crippen LogP contribution < -0.4 is 15.5 Å². The topological polar surface area (TPSA) is 92.0 Å². The number of hydrogen-bond acceptors (Lipinski definition) is 6. The van der Waals surface area contributed by atoms with E-state index in [2.05, 4.69) is 34.5 Å². The number of amides is 1. The summed E-state index contributed by atoms with van der Waals surface area (Å²) in [5.41, 5.74) is 3.07. The molecule has 2 aromatic carbocycles. The number of rotatable bonds is 8. The Bertz CT molecular complexity index is 1200. The van der Waals surface area contributed by atoms with E-state index in [-0.39, 0.29) is 30.3 Å². The standard InChI is InChI=1S/C27H30N2O5/c1-27(2,18-30)28-26(32)21-9-7-19(8-10-21)16-34-25-17-33-23(13-24(25)31)15-29-12-11-20-5-3-4-6-22(20)14-29/h3-10,13,17,30H,11-12,14-16,18H2,1-2H3,(H,28,32). The molecule has 0 bridgehead atoms. The summed E-state index contributed by atoms with van der Waals surface area (Å²) >= 11 is 0. The second-order valence-electron chi connectivity index (χ2n) is 9.29. The Labute approximate surface area is 199 Å². The van der Waals surface area contributed by atoms with Crippen LogP contribution in [0, 0.1) is 0 Å². The first-order valence-electron chi connectivity index (χ1n) is 11.4. The van der Waals surface area contributed by atoms with Gasteiger partial charge in [-0.15, -0.1) is 0 Å². The molecule has 2 heterocycles. The quantitative estimate of drug-likeness (QED) is 0.534. The molecule has 0 saturated carbocycles. The highest BCUT2D eigenvalue weighted by Gasteiger charge is 2.20. The largest absolute Gasteiger partial charge is 0.482 e. The second kappa shape index (κ2) is 10.2. The van der Waals surface area contributed by atoms with E-state index in [1.54, 1.807) is 38.1 Å². The van der Waals surface area contributed by atoms with Crippen LogP contribution in [0.2, 0.25) is 0 Å². The average molecular weight is 463 g/mol. The van der Waals surface area contributed by atoms with Gasteiger partial charge >= 0.3 is 0 Å². The lowest BCUT2D eigenvalue weighted by Gasteiger charge is -2.28. The van der Waals surface area contributed by atoms with Gasteiger partial charge in [0.25, 0.3) is 5.91 Å². The maximum absolute atomic E-state index is 12.5. The SMILES string of the molecule is CC(C)(CO)NC(=O)c1ccc(COc2coc(CN3CCc4ccccc4C3)cc2=O)cc1. The van der Waals surface area contributed by atoms with Crippen molar-refractivity contribution in [2.24, 2.45) is 0 Å². The number of aliphatic hydroxyl groups excluding tert-OH is 1. The number of nitrogens with one attached hydrogen (secondary N) is 1. The number of nitrogens with zero attached hydrogens (tertiary/aromatic N) is 1. The van der Waals surface area contributed by atoms with Crippen LogP contribution >= 0.6 is 0 Å². The van der Waals surface area contributed by atoms with Crippen molar-refractivity contribution >= 4 is 5.91 Å². The number of benzene rings is 2. The van der Waals surface area contributed by atoms with E-state index >= 15 is 0 Å². The molecule has 0 radical (unpaired) electrons. The molecule has 178 valence electrons. The predicted molar refractivity (Wildman–Crippen MR) is 129 cm³/mol. The van der Waals surface area contributed by atoms with Gasteiger partial charge in [-0.2, -0.15) is 0 Å². The summed E-state index contributed by atoms with van der Waals surface area (Å²) in [4.78, 5) is 27.1. The van der Waals surface area contributed by atoms with Crippen LogP contribution in [-0.2, 0) is 26.1 Å². The van der Waals surface area contributed by atoms with Crippen LogP contribution in [0.3, 0.4) is 0 Å². The molecule has 7 heteroatoms. The third-order valence-electron chi connectivity index (χ3n) is 5.90. The molecule has 0 unspecified atom stereocenters. The molecule has 1 aromatic heterocycles. The van der Waals surface area contributed by atoms with Crippen molar-refractivity contribution in [3.63, 3.8) is 0 Å². The maximum Gasteiger partial charge on any atom is 0.251 e. The Kier molecular flexibility index (Phi) is 7.14. The van der Waals surface area contributed by atoms with Gasteiger partial charge in [0.15, 0.2) is 0 Å². The van der Waals surface area contributed by atoms with Gasteiger partial charge < -0.3 is 19.6 Å². The van der Waals surface area contributed by atoms with E-state index < -0.39 is 5.54 Å². The van der Waals surface area contributed by atoms with Crippen LogP contribution in [0.25, 0.3) is 0 Å². The Morgan fingerprint density at radius 1 is 1.15 bits per heavy atom. The number of ether oxygens (including phenoxy) is 1. The number of fused-ring (bicyclic) bond motifs is 1. The van der Waals surface area contributed by atoms with Crippen LogP contribution in [0.1, 0.15) is 46.7 Å². The van der Waals surface area contributed by atoms with Gasteiger partial charge in [-0.3, -0.25) is 14.5 Å². The van der Waals surface area contributed by atoms with Crippen molar-refractivity contribution < 1.29 is 19.1 Å². The molecule has 0 saturated heterocycles. The summed E-state index contributed by atoms with van der Waals surface area (Å²) in [6.45, 7) is 5.84. The van der Waals surface area contributed by atoms with Crippen molar-refractivity contribution in [2.75, 3.05) is 13.2 Å². The van der Waals surface area contributed by atoms with Gasteiger partial charge in [-0.25, -0.2) is 0 Å². The molecule has 1 aliphatic heterocycles. The first-order chi connectivity index (χ1) is 16.3. The Hall–Kier alpha value is -3.42. The average Bonchev–Trinajstić information content (AvgIpc) is 2.83. The van der Waals surface area contributed by atoms with Gasteiger partial charge in [0, 0.05) is 24.7 Å². The summed E-state index contributed by atoms with van der Waals surface area (Å²) in [6.07, 6.45) is 2.36. The fraction of sp³-hybridized carbons (Fsp3) is 0.333. The Morgan fingerprint density at radius 2 is 1.88 bits per heavy atom. The van der Waals surface area contributed by atoms with Gasteiger partial charge in [-0.05, 0) is 49.1 Å². The number of hydrogen-bond donors (Lipinski definition) is 2. The molecule has 0 spiro atoms. The van der Waals surface area contributed by atoms with Crippen molar-refractivity contribution in [1.82, 2.24) is 10.2 Å². The van der Waals surface area contributed by atoms with E-state index in [0.717, 1.165) is 25.1 Å². The van der Waals surface area contributed by atoms with Gasteiger partial charge in [0.2, 0.25) is 11.2 Å². The van der Waals surface area contributed by atoms with E-state index in [0.29, 0.717) is 17.9 Å². The predicted octanol–water partition coefficient (Wildman–Crippen LogP) is 3.28. The van der Waals surface area contributed by atoms with Gasteiger partial charge in [-0.1, -0.05) is 36.4 Å². The number of aliphatic hydroxyl groups is 1. The van der Waals surface area contributed by atoms with E-state index in [9.17, 15) is 14.7 Å². The molecular formula is C27H30N2O5. The lowest BCUT2D eigenvalue weighted by atomic mass is 10.00. The minimum atomic E-state index is -0.697. The smallest absolute Gasteiger partial charge is 0.251 e. The highest BCUT2D eigenvalue weighted by Crippen LogP contribution is 2.20. The van der Waals surface area contributed by atoms with Crippen molar-refractivity contribution in [2.45, 2.75) is 45.5 Å². The Balaban J connectivity index is 1.32. The zero-order valence-corrected chi connectivity index (χ0v) is 19.5. The first kappa shape index (κ1) is 23.7. The molecular weight excluding hydrogens is 432 g/mol. The van der Waals surface area contributed by atoms with Crippen molar-refractivity contribution in [3.8, 4) is 5.75 Å². The molecule has 0 atom stereocenters. The lowest BCUT2D eigenvalue weighted by molar-refractivity contribution is 0.0869. The molecule has 3 aromatic rings. The normalized spacial score (nSPS) is 13.9. The second-order valence-corrected chi connectivity index (χ2v) is 9.29. The van der Waals surface area contributed by atoms with Crippen molar-refractivity contribution in [1.29, 1.82) is 0 Å². The fourth-order valence-corrected chi connectivity index (χ4v) is 3.87. The molecule has 1 aliphatic rings. The Morgan fingerprint density at radius 3 is 2.59 bits per heavy atom. The van der Waals surface area contributed by atoms with Gasteiger partial charge in [0.1, 0.15) is 18.6 Å². The van der Waals surface area contributed by atoms with Crippen LogP contribution in [0.5, 0.6) is 5.75 Å². The summed E-state index contributed by atoms with van der Waals surface area (Å²) in [6, 6.07) is 16.8. The minimum absolute atomic E-state index is 0.152. The first-order valence-corrected chi connectivity index (χ1v) is 11.4. The molecule has 1 amide bonds. The zero-order valence-electron chi connectivity index (χ0n) is 19.5. The van der Waals surface area contributed by atoms with Crippen LogP contribution in [0.15, 0.2) is 70.1 Å². The monoisotopic (exact) mass is 462 g/mol. The van der Waals surface area contributed by atoms with E-state index in [4.69, 9.17) is 9.15 Å². The molecule has 7 nitrogen and oxygen atoms in total. The lowest BCUT2D eigenvalue weighted by Crippen LogP contribution is -2.46. The fourth-order valence-electron chi connectivity index (χ4n) is 3.87. The molecule has 0 aliphatic carbocycles. The highest BCUT2D eigenvalue weighted by atomic mass is 16.5. The summed E-state index contributed by atoms with van der Waals surface area (Å²) < 4.78 is 11.3. The van der Waals surface area contributed by atoms with E-state index in [1.807, 2.05) is 0 Å². The molecule has 34 heavy (non-hydrogen) atoms. The number of carbonyl (C=O) groups excluding carboxylic acids is 1. The molecule has 4 rings (SSSR count). The third kappa shape index (κ3) is 5.92. The summed E-state index contributed by atoms with van der Waals surface area (Å²) in [7, 11) is 0.